The summed E-state index contributed by atoms with van der Waals surface area (Å²) in [5.41, 5.74) is 6.24. The third-order valence-corrected chi connectivity index (χ3v) is 6.45. The fourth-order valence-corrected chi connectivity index (χ4v) is 4.82. The molecule has 1 amide bonds. The fraction of sp³-hybridized carbons (Fsp3) is 0.375. The van der Waals surface area contributed by atoms with E-state index in [0.717, 1.165) is 11.3 Å². The minimum absolute atomic E-state index is 0.0286. The highest BCUT2D eigenvalue weighted by Gasteiger charge is 2.73. The summed E-state index contributed by atoms with van der Waals surface area (Å²) in [6.07, 6.45) is 3.13. The van der Waals surface area contributed by atoms with Gasteiger partial charge in [-0.2, -0.15) is 9.28 Å². The summed E-state index contributed by atoms with van der Waals surface area (Å²) in [5, 5.41) is 11.2. The average molecular weight is 439 g/mol. The van der Waals surface area contributed by atoms with Crippen LogP contribution in [0, 0.1) is 10.1 Å². The van der Waals surface area contributed by atoms with Crippen LogP contribution in [-0.4, -0.2) is 29.4 Å². The van der Waals surface area contributed by atoms with Crippen molar-refractivity contribution in [2.24, 2.45) is 0 Å². The number of nitrogen functional groups attached to an aromatic ring is 1. The lowest BCUT2D eigenvalue weighted by atomic mass is 9.76. The Morgan fingerprint density at radius 2 is 1.88 bits per heavy atom. The highest BCUT2D eigenvalue weighted by atomic mass is 16.6. The lowest BCUT2D eigenvalue weighted by molar-refractivity contribution is -0.384. The maximum absolute atomic E-state index is 13.8. The zero-order valence-electron chi connectivity index (χ0n) is 19.1. The van der Waals surface area contributed by atoms with Crippen molar-refractivity contribution >= 4 is 29.2 Å². The number of hydrogen-bond acceptors (Lipinski definition) is 6. The van der Waals surface area contributed by atoms with Crippen molar-refractivity contribution in [1.82, 2.24) is 4.48 Å². The van der Waals surface area contributed by atoms with Gasteiger partial charge in [0.1, 0.15) is 11.4 Å². The van der Waals surface area contributed by atoms with Crippen LogP contribution in [0.5, 0.6) is 5.75 Å². The first-order valence-electron chi connectivity index (χ1n) is 10.4. The number of non-ortho nitro benzene ring substituents is 1. The molecule has 2 aliphatic rings. The molecule has 0 bridgehead atoms. The smallest absolute Gasteiger partial charge is 0.434 e. The second kappa shape index (κ2) is 6.56. The molecule has 1 spiro atoms. The molecule has 2 atom stereocenters. The number of benzene rings is 2. The van der Waals surface area contributed by atoms with Crippen LogP contribution in [0.2, 0.25) is 0 Å². The molecule has 2 heterocycles. The summed E-state index contributed by atoms with van der Waals surface area (Å²) in [6.45, 7) is 9.46. The number of nitro groups is 1. The first-order valence-corrected chi connectivity index (χ1v) is 10.4. The Bertz CT molecular complexity index is 1180. The van der Waals surface area contributed by atoms with Gasteiger partial charge in [0.25, 0.3) is 11.4 Å². The Kier molecular flexibility index (Phi) is 4.47. The summed E-state index contributed by atoms with van der Waals surface area (Å²) >= 11 is 0. The standard InChI is InChI=1S/C24H28N3O5/c1-22(2,3)32-21(28)27(6)19-9-7-16(25)14-18(19)23(4,5)24(27)12-11-15-13-17(26(29)30)8-10-20(15)31-24/h7-14H,25H2,1-6H3/q+1. The summed E-state index contributed by atoms with van der Waals surface area (Å²) < 4.78 is 12.2. The summed E-state index contributed by atoms with van der Waals surface area (Å²) in [7, 11) is 1.78. The van der Waals surface area contributed by atoms with E-state index >= 15 is 0 Å². The second-order valence-corrected chi connectivity index (χ2v) is 10.00. The summed E-state index contributed by atoms with van der Waals surface area (Å²) in [5.74, 6) is 0.458. The maximum atomic E-state index is 13.8. The number of amides is 1. The van der Waals surface area contributed by atoms with Gasteiger partial charge in [0.2, 0.25) is 0 Å². The fourth-order valence-electron chi connectivity index (χ4n) is 4.82. The van der Waals surface area contributed by atoms with E-state index in [-0.39, 0.29) is 10.2 Å². The number of carbonyl (C=O) groups is 1. The van der Waals surface area contributed by atoms with Gasteiger partial charge in [0, 0.05) is 41.1 Å². The monoisotopic (exact) mass is 438 g/mol. The van der Waals surface area contributed by atoms with Crippen molar-refractivity contribution in [3.05, 3.63) is 63.7 Å². The molecule has 4 rings (SSSR count). The van der Waals surface area contributed by atoms with E-state index < -0.39 is 27.8 Å². The molecule has 0 aliphatic carbocycles. The van der Waals surface area contributed by atoms with E-state index in [1.54, 1.807) is 25.3 Å². The average Bonchev–Trinajstić information content (AvgIpc) is 2.83. The number of nitrogens with two attached hydrogens (primary N) is 1. The van der Waals surface area contributed by atoms with Crippen molar-refractivity contribution in [3.8, 4) is 5.75 Å². The molecule has 0 aromatic heterocycles. The van der Waals surface area contributed by atoms with Gasteiger partial charge in [-0.15, -0.1) is 0 Å². The zero-order valence-corrected chi connectivity index (χ0v) is 19.1. The van der Waals surface area contributed by atoms with Crippen LogP contribution in [0.1, 0.15) is 45.7 Å². The first-order chi connectivity index (χ1) is 14.7. The van der Waals surface area contributed by atoms with Crippen molar-refractivity contribution in [1.29, 1.82) is 0 Å². The molecule has 0 radical (unpaired) electrons. The quantitative estimate of drug-likeness (QED) is 0.286. The molecule has 2 N–H and O–H groups in total. The number of nitro benzene ring substituents is 1. The molecule has 8 heteroatoms. The number of rotatable bonds is 1. The predicted molar refractivity (Wildman–Crippen MR) is 123 cm³/mol. The van der Waals surface area contributed by atoms with Crippen molar-refractivity contribution in [2.45, 2.75) is 51.4 Å². The number of nitrogens with zero attached hydrogens (tertiary/aromatic N) is 2. The Balaban J connectivity index is 1.96. The van der Waals surface area contributed by atoms with Gasteiger partial charge in [0.05, 0.1) is 17.4 Å². The number of ether oxygens (including phenoxy) is 2. The van der Waals surface area contributed by atoms with E-state index in [4.69, 9.17) is 15.2 Å². The van der Waals surface area contributed by atoms with Gasteiger partial charge >= 0.3 is 6.09 Å². The first kappa shape index (κ1) is 21.8. The van der Waals surface area contributed by atoms with Crippen LogP contribution in [-0.2, 0) is 10.2 Å². The minimum Gasteiger partial charge on any atom is -0.434 e. The third-order valence-electron chi connectivity index (χ3n) is 6.45. The van der Waals surface area contributed by atoms with Crippen LogP contribution < -0.4 is 15.0 Å². The number of hydrogen-bond donors (Lipinski definition) is 1. The molecule has 2 aromatic carbocycles. The van der Waals surface area contributed by atoms with Crippen LogP contribution in [0.15, 0.2) is 42.5 Å². The van der Waals surface area contributed by atoms with E-state index in [1.165, 1.54) is 12.1 Å². The molecule has 2 aliphatic heterocycles. The summed E-state index contributed by atoms with van der Waals surface area (Å²) in [4.78, 5) is 24.5. The van der Waals surface area contributed by atoms with E-state index in [9.17, 15) is 14.9 Å². The molecule has 168 valence electrons. The molecular weight excluding hydrogens is 410 g/mol. The lowest BCUT2D eigenvalue weighted by Crippen LogP contribution is -2.72. The van der Waals surface area contributed by atoms with Gasteiger partial charge in [-0.1, -0.05) is 0 Å². The van der Waals surface area contributed by atoms with Crippen LogP contribution >= 0.6 is 0 Å². The van der Waals surface area contributed by atoms with Crippen molar-refractivity contribution in [2.75, 3.05) is 12.8 Å². The van der Waals surface area contributed by atoms with Crippen molar-refractivity contribution in [3.63, 3.8) is 0 Å². The maximum Gasteiger partial charge on any atom is 0.525 e. The number of fused-ring (bicyclic) bond motifs is 2. The second-order valence-electron chi connectivity index (χ2n) is 10.00. The van der Waals surface area contributed by atoms with Gasteiger partial charge in [-0.3, -0.25) is 10.1 Å². The van der Waals surface area contributed by atoms with Gasteiger partial charge < -0.3 is 15.2 Å². The highest BCUT2D eigenvalue weighted by Crippen LogP contribution is 2.59. The molecule has 0 saturated carbocycles. The third kappa shape index (κ3) is 2.82. The van der Waals surface area contributed by atoms with Gasteiger partial charge in [-0.25, -0.2) is 0 Å². The SMILES string of the molecule is CC(C)(C)OC(=O)[N+]1(C)c2ccc(N)cc2C(C)(C)C12C=Cc1cc([N+](=O)[O-])ccc1O2. The predicted octanol–water partition coefficient (Wildman–Crippen LogP) is 5.14. The molecule has 8 nitrogen and oxygen atoms in total. The molecule has 32 heavy (non-hydrogen) atoms. The Labute approximate surface area is 187 Å². The lowest BCUT2D eigenvalue weighted by Gasteiger charge is -2.47. The zero-order chi connectivity index (χ0) is 23.7. The Morgan fingerprint density at radius 3 is 2.50 bits per heavy atom. The topological polar surface area (TPSA) is 105 Å². The van der Waals surface area contributed by atoms with Crippen LogP contribution in [0.3, 0.4) is 0 Å². The molecular formula is C24H28N3O5+. The van der Waals surface area contributed by atoms with Crippen LogP contribution in [0.4, 0.5) is 21.9 Å². The molecule has 2 unspecified atom stereocenters. The largest absolute Gasteiger partial charge is 0.525 e. The number of likely N-dealkylation sites (N-methyl/N-ethyl adjacent to an activating group) is 1. The normalized spacial score (nSPS) is 25.1. The van der Waals surface area contributed by atoms with E-state index in [2.05, 4.69) is 0 Å². The number of quaternary nitrogens is 1. The Hall–Kier alpha value is -3.39. The van der Waals surface area contributed by atoms with Crippen LogP contribution in [0.25, 0.3) is 6.08 Å². The number of anilines is 1. The van der Waals surface area contributed by atoms with E-state index in [1.807, 2.05) is 52.8 Å². The molecule has 2 aromatic rings. The van der Waals surface area contributed by atoms with Gasteiger partial charge in [-0.05, 0) is 58.9 Å². The highest BCUT2D eigenvalue weighted by molar-refractivity contribution is 5.90. The Morgan fingerprint density at radius 1 is 1.19 bits per heavy atom. The van der Waals surface area contributed by atoms with Gasteiger partial charge in [0.15, 0.2) is 5.69 Å². The molecule has 0 saturated heterocycles. The van der Waals surface area contributed by atoms with E-state index in [0.29, 0.717) is 17.0 Å². The molecule has 0 fully saturated rings. The summed E-state index contributed by atoms with van der Waals surface area (Å²) in [6, 6.07) is 9.91. The number of carbonyl (C=O) groups excluding carboxylic acids is 1. The van der Waals surface area contributed by atoms with Crippen molar-refractivity contribution < 1.29 is 19.2 Å². The minimum atomic E-state index is -1.20.